The van der Waals surface area contributed by atoms with Crippen molar-refractivity contribution in [2.24, 2.45) is 0 Å². The van der Waals surface area contributed by atoms with Gasteiger partial charge in [-0.1, -0.05) is 36.5 Å². The molecule has 122 valence electrons. The van der Waals surface area contributed by atoms with Gasteiger partial charge in [-0.25, -0.2) is 0 Å². The number of rotatable bonds is 6. The van der Waals surface area contributed by atoms with E-state index in [1.807, 2.05) is 23.9 Å². The smallest absolute Gasteiger partial charge is 0.204 e. The minimum atomic E-state index is 0.736. The molecule has 3 aromatic rings. The van der Waals surface area contributed by atoms with Crippen molar-refractivity contribution in [1.29, 1.82) is 0 Å². The van der Waals surface area contributed by atoms with Crippen molar-refractivity contribution in [3.63, 3.8) is 0 Å². The van der Waals surface area contributed by atoms with Gasteiger partial charge >= 0.3 is 0 Å². The first-order chi connectivity index (χ1) is 11.1. The molecule has 0 spiro atoms. The van der Waals surface area contributed by atoms with Crippen molar-refractivity contribution in [3.05, 3.63) is 39.5 Å². The summed E-state index contributed by atoms with van der Waals surface area (Å²) in [5.41, 5.74) is 2.26. The summed E-state index contributed by atoms with van der Waals surface area (Å²) in [6, 6.07) is 8.24. The molecule has 0 saturated carbocycles. The molecule has 2 aromatic heterocycles. The monoisotopic (exact) mass is 349 g/mol. The number of nitrogens with one attached hydrogen (secondary N) is 2. The Labute approximate surface area is 144 Å². The van der Waals surface area contributed by atoms with E-state index in [0.29, 0.717) is 0 Å². The summed E-state index contributed by atoms with van der Waals surface area (Å²) >= 11 is 6.88. The highest BCUT2D eigenvalue weighted by Gasteiger charge is 2.17. The van der Waals surface area contributed by atoms with Gasteiger partial charge in [0, 0.05) is 18.9 Å². The fraction of sp³-hybridized carbons (Fsp3) is 0.375. The van der Waals surface area contributed by atoms with Gasteiger partial charge in [0.1, 0.15) is 17.9 Å². The minimum Gasteiger partial charge on any atom is -0.461 e. The van der Waals surface area contributed by atoms with Crippen LogP contribution in [0.1, 0.15) is 18.2 Å². The van der Waals surface area contributed by atoms with Crippen LogP contribution in [-0.4, -0.2) is 23.9 Å². The van der Waals surface area contributed by atoms with E-state index in [4.69, 9.17) is 16.6 Å². The maximum absolute atomic E-state index is 5.98. The largest absolute Gasteiger partial charge is 0.461 e. The average Bonchev–Trinajstić information content (AvgIpc) is 3.08. The van der Waals surface area contributed by atoms with Crippen LogP contribution in [0.25, 0.3) is 11.0 Å². The lowest BCUT2D eigenvalue weighted by Gasteiger charge is -2.13. The SMILES string of the molecule is CCc1oc2ccccc2c1C[NH+](C)Cn1nc(NC)sc1=S. The Balaban J connectivity index is 1.83. The van der Waals surface area contributed by atoms with Crippen molar-refractivity contribution >= 4 is 39.7 Å². The molecule has 0 fully saturated rings. The number of aryl methyl sites for hydroxylation is 1. The second kappa shape index (κ2) is 6.82. The summed E-state index contributed by atoms with van der Waals surface area (Å²) in [6.45, 7) is 3.75. The van der Waals surface area contributed by atoms with Crippen molar-refractivity contribution in [2.75, 3.05) is 19.4 Å². The normalized spacial score (nSPS) is 12.7. The molecule has 0 aliphatic carbocycles. The Morgan fingerprint density at radius 2 is 2.17 bits per heavy atom. The minimum absolute atomic E-state index is 0.736. The van der Waals surface area contributed by atoms with Gasteiger partial charge < -0.3 is 14.6 Å². The Morgan fingerprint density at radius 1 is 1.39 bits per heavy atom. The first-order valence-electron chi connectivity index (χ1n) is 7.68. The van der Waals surface area contributed by atoms with Crippen LogP contribution in [0.15, 0.2) is 28.7 Å². The summed E-state index contributed by atoms with van der Waals surface area (Å²) in [7, 11) is 4.01. The Morgan fingerprint density at radius 3 is 2.87 bits per heavy atom. The van der Waals surface area contributed by atoms with Crippen molar-refractivity contribution in [3.8, 4) is 0 Å². The molecule has 1 atom stereocenters. The first kappa shape index (κ1) is 16.2. The Hall–Kier alpha value is -1.70. The van der Waals surface area contributed by atoms with Crippen molar-refractivity contribution in [1.82, 2.24) is 9.78 Å². The zero-order valence-corrected chi connectivity index (χ0v) is 15.2. The molecule has 2 N–H and O–H groups in total. The molecule has 0 amide bonds. The fourth-order valence-electron chi connectivity index (χ4n) is 2.75. The lowest BCUT2D eigenvalue weighted by molar-refractivity contribution is -0.917. The highest BCUT2D eigenvalue weighted by Crippen LogP contribution is 2.25. The molecule has 7 heteroatoms. The Kier molecular flexibility index (Phi) is 4.79. The molecular formula is C16H21N4OS2+. The van der Waals surface area contributed by atoms with Crippen LogP contribution in [0.5, 0.6) is 0 Å². The highest BCUT2D eigenvalue weighted by atomic mass is 32.1. The lowest BCUT2D eigenvalue weighted by atomic mass is 10.1. The number of nitrogens with zero attached hydrogens (tertiary/aromatic N) is 2. The number of aromatic nitrogens is 2. The fourth-order valence-corrected chi connectivity index (χ4v) is 3.71. The number of anilines is 1. The molecule has 2 heterocycles. The van der Waals surface area contributed by atoms with E-state index < -0.39 is 0 Å². The molecule has 0 radical (unpaired) electrons. The second-order valence-corrected chi connectivity index (χ2v) is 7.19. The molecule has 0 saturated heterocycles. The summed E-state index contributed by atoms with van der Waals surface area (Å²) in [5.74, 6) is 1.07. The van der Waals surface area contributed by atoms with E-state index in [9.17, 15) is 0 Å². The summed E-state index contributed by atoms with van der Waals surface area (Å²) in [5, 5.41) is 9.59. The van der Waals surface area contributed by atoms with Gasteiger partial charge in [0.05, 0.1) is 12.6 Å². The Bertz CT molecular complexity index is 864. The van der Waals surface area contributed by atoms with Crippen LogP contribution in [0.2, 0.25) is 0 Å². The first-order valence-corrected chi connectivity index (χ1v) is 8.91. The van der Waals surface area contributed by atoms with Gasteiger partial charge in [-0.15, -0.1) is 5.10 Å². The number of fused-ring (bicyclic) bond motifs is 1. The maximum atomic E-state index is 5.98. The van der Waals surface area contributed by atoms with Crippen LogP contribution >= 0.6 is 23.6 Å². The third-order valence-electron chi connectivity index (χ3n) is 3.82. The van der Waals surface area contributed by atoms with E-state index in [-0.39, 0.29) is 0 Å². The van der Waals surface area contributed by atoms with Crippen LogP contribution in [0.3, 0.4) is 0 Å². The predicted molar refractivity (Wildman–Crippen MR) is 96.7 cm³/mol. The van der Waals surface area contributed by atoms with Crippen molar-refractivity contribution in [2.45, 2.75) is 26.6 Å². The van der Waals surface area contributed by atoms with Crippen molar-refractivity contribution < 1.29 is 9.32 Å². The standard InChI is InChI=1S/C16H20N4OS2/c1-4-13-12(11-7-5-6-8-14(11)21-13)9-19(3)10-20-16(22)23-15(17-2)18-20/h5-8H,4,9-10H2,1-3H3,(H,17,18)/p+1. The number of quaternary nitrogens is 1. The molecule has 3 rings (SSSR count). The van der Waals surface area contributed by atoms with E-state index in [1.165, 1.54) is 27.2 Å². The van der Waals surface area contributed by atoms with Gasteiger partial charge in [0.15, 0.2) is 10.6 Å². The molecule has 0 bridgehead atoms. The molecular weight excluding hydrogens is 328 g/mol. The van der Waals surface area contributed by atoms with Crippen LogP contribution in [-0.2, 0) is 19.6 Å². The van der Waals surface area contributed by atoms with Gasteiger partial charge in [0.2, 0.25) is 5.13 Å². The number of furan rings is 1. The summed E-state index contributed by atoms with van der Waals surface area (Å²) in [6.07, 6.45) is 0.900. The molecule has 1 unspecified atom stereocenters. The number of hydrogen-bond donors (Lipinski definition) is 2. The zero-order valence-electron chi connectivity index (χ0n) is 13.5. The molecule has 1 aromatic carbocycles. The molecule has 0 aliphatic rings. The molecule has 0 aliphatic heterocycles. The number of hydrogen-bond acceptors (Lipinski definition) is 5. The predicted octanol–water partition coefficient (Wildman–Crippen LogP) is 2.70. The third-order valence-corrected chi connectivity index (χ3v) is 5.15. The van der Waals surface area contributed by atoms with E-state index in [2.05, 4.69) is 36.5 Å². The number of para-hydroxylation sites is 1. The van der Waals surface area contributed by atoms with Gasteiger partial charge in [-0.3, -0.25) is 0 Å². The highest BCUT2D eigenvalue weighted by molar-refractivity contribution is 7.73. The molecule has 5 nitrogen and oxygen atoms in total. The third kappa shape index (κ3) is 3.31. The second-order valence-electron chi connectivity index (χ2n) is 5.57. The lowest BCUT2D eigenvalue weighted by Crippen LogP contribution is -3.07. The van der Waals surface area contributed by atoms with Crippen LogP contribution in [0, 0.1) is 3.95 Å². The quantitative estimate of drug-likeness (QED) is 0.672. The summed E-state index contributed by atoms with van der Waals surface area (Å²) < 4.78 is 8.66. The van der Waals surface area contributed by atoms with E-state index in [1.54, 1.807) is 0 Å². The van der Waals surface area contributed by atoms with Gasteiger partial charge in [0.25, 0.3) is 0 Å². The van der Waals surface area contributed by atoms with Crippen LogP contribution in [0.4, 0.5) is 5.13 Å². The topological polar surface area (TPSA) is 47.4 Å². The van der Waals surface area contributed by atoms with E-state index >= 15 is 0 Å². The zero-order chi connectivity index (χ0) is 16.4. The average molecular weight is 350 g/mol. The van der Waals surface area contributed by atoms with E-state index in [0.717, 1.165) is 40.1 Å². The van der Waals surface area contributed by atoms with Gasteiger partial charge in [-0.2, -0.15) is 4.68 Å². The van der Waals surface area contributed by atoms with Gasteiger partial charge in [-0.05, 0) is 18.3 Å². The van der Waals surface area contributed by atoms with Crippen LogP contribution < -0.4 is 10.2 Å². The number of benzene rings is 1. The maximum Gasteiger partial charge on any atom is 0.204 e. The summed E-state index contributed by atoms with van der Waals surface area (Å²) in [4.78, 5) is 1.32. The molecule has 23 heavy (non-hydrogen) atoms.